The smallest absolute Gasteiger partial charge is 0.254 e. The highest BCUT2D eigenvalue weighted by Crippen LogP contribution is 2.28. The molecular formula is C16H19FN2O. The summed E-state index contributed by atoms with van der Waals surface area (Å²) in [6, 6.07) is 4.37. The van der Waals surface area contributed by atoms with E-state index in [9.17, 15) is 9.18 Å². The van der Waals surface area contributed by atoms with E-state index in [2.05, 4.69) is 17.2 Å². The van der Waals surface area contributed by atoms with Crippen molar-refractivity contribution < 1.29 is 9.18 Å². The van der Waals surface area contributed by atoms with Crippen LogP contribution >= 0.6 is 0 Å². The van der Waals surface area contributed by atoms with E-state index in [1.807, 2.05) is 0 Å². The molecule has 0 aromatic heterocycles. The van der Waals surface area contributed by atoms with Crippen molar-refractivity contribution in [2.24, 2.45) is 11.7 Å². The highest BCUT2D eigenvalue weighted by Gasteiger charge is 2.17. The summed E-state index contributed by atoms with van der Waals surface area (Å²) in [6.07, 6.45) is 4.77. The van der Waals surface area contributed by atoms with E-state index < -0.39 is 5.82 Å². The van der Waals surface area contributed by atoms with Crippen molar-refractivity contribution >= 4 is 5.91 Å². The fraction of sp³-hybridized carbons (Fsp3) is 0.438. The van der Waals surface area contributed by atoms with Gasteiger partial charge >= 0.3 is 0 Å². The minimum absolute atomic E-state index is 0.0666. The fourth-order valence-corrected chi connectivity index (χ4v) is 2.20. The van der Waals surface area contributed by atoms with Gasteiger partial charge in [-0.15, -0.1) is 0 Å². The third-order valence-electron chi connectivity index (χ3n) is 3.61. The zero-order chi connectivity index (χ0) is 14.4. The molecule has 3 N–H and O–H groups in total. The summed E-state index contributed by atoms with van der Waals surface area (Å²) < 4.78 is 13.8. The summed E-state index contributed by atoms with van der Waals surface area (Å²) in [5.41, 5.74) is 5.85. The van der Waals surface area contributed by atoms with Crippen LogP contribution in [0.1, 0.15) is 41.6 Å². The molecule has 0 spiro atoms. The second kappa shape index (κ2) is 7.06. The molecule has 1 aliphatic carbocycles. The molecule has 106 valence electrons. The van der Waals surface area contributed by atoms with E-state index in [1.165, 1.54) is 31.4 Å². The molecule has 1 saturated carbocycles. The van der Waals surface area contributed by atoms with Crippen molar-refractivity contribution in [2.45, 2.75) is 25.7 Å². The highest BCUT2D eigenvalue weighted by atomic mass is 19.1. The molecule has 0 heterocycles. The van der Waals surface area contributed by atoms with Crippen molar-refractivity contribution in [2.75, 3.05) is 13.1 Å². The number of nitrogens with one attached hydrogen (secondary N) is 1. The van der Waals surface area contributed by atoms with Crippen LogP contribution in [0.5, 0.6) is 0 Å². The number of amides is 1. The Labute approximate surface area is 118 Å². The second-order valence-electron chi connectivity index (χ2n) is 5.04. The minimum atomic E-state index is -0.546. The van der Waals surface area contributed by atoms with Crippen LogP contribution in [-0.4, -0.2) is 19.0 Å². The first-order chi connectivity index (χ1) is 9.70. The lowest BCUT2D eigenvalue weighted by Gasteiger charge is -2.25. The van der Waals surface area contributed by atoms with E-state index in [0.29, 0.717) is 12.1 Å². The Morgan fingerprint density at radius 3 is 2.85 bits per heavy atom. The molecule has 1 fully saturated rings. The molecule has 2 rings (SSSR count). The number of hydrogen-bond donors (Lipinski definition) is 2. The maximum absolute atomic E-state index is 13.8. The van der Waals surface area contributed by atoms with Gasteiger partial charge in [-0.2, -0.15) is 0 Å². The summed E-state index contributed by atoms with van der Waals surface area (Å²) in [5, 5.41) is 2.77. The van der Waals surface area contributed by atoms with Gasteiger partial charge in [-0.25, -0.2) is 4.39 Å². The van der Waals surface area contributed by atoms with Crippen molar-refractivity contribution in [1.82, 2.24) is 5.32 Å². The standard InChI is InChI=1S/C16H19FN2O/c17-15-11-13(5-2-9-18)6-7-14(15)16(20)19-10-8-12-3-1-4-12/h6-7,11-12H,1,3-4,8-10,18H2,(H,19,20). The lowest BCUT2D eigenvalue weighted by atomic mass is 9.83. The van der Waals surface area contributed by atoms with Gasteiger partial charge in [-0.05, 0) is 30.5 Å². The molecule has 0 unspecified atom stereocenters. The van der Waals surface area contributed by atoms with E-state index in [4.69, 9.17) is 5.73 Å². The van der Waals surface area contributed by atoms with Gasteiger partial charge in [0, 0.05) is 12.1 Å². The first-order valence-corrected chi connectivity index (χ1v) is 6.97. The van der Waals surface area contributed by atoms with Crippen LogP contribution in [0.4, 0.5) is 4.39 Å². The Morgan fingerprint density at radius 1 is 1.45 bits per heavy atom. The number of rotatable bonds is 4. The molecular weight excluding hydrogens is 255 g/mol. The van der Waals surface area contributed by atoms with Crippen molar-refractivity contribution in [3.05, 3.63) is 35.1 Å². The van der Waals surface area contributed by atoms with E-state index >= 15 is 0 Å². The Bertz CT molecular complexity index is 541. The molecule has 1 aliphatic rings. The summed E-state index contributed by atoms with van der Waals surface area (Å²) in [6.45, 7) is 0.836. The molecule has 4 heteroatoms. The number of nitrogens with two attached hydrogens (primary N) is 1. The Hall–Kier alpha value is -1.86. The predicted molar refractivity (Wildman–Crippen MR) is 76.6 cm³/mol. The van der Waals surface area contributed by atoms with Gasteiger partial charge in [-0.3, -0.25) is 4.79 Å². The molecule has 0 radical (unpaired) electrons. The van der Waals surface area contributed by atoms with Crippen LogP contribution in [0.2, 0.25) is 0 Å². The molecule has 0 bridgehead atoms. The second-order valence-corrected chi connectivity index (χ2v) is 5.04. The number of benzene rings is 1. The van der Waals surface area contributed by atoms with Crippen LogP contribution < -0.4 is 11.1 Å². The van der Waals surface area contributed by atoms with Gasteiger partial charge in [-0.1, -0.05) is 31.1 Å². The summed E-state index contributed by atoms with van der Waals surface area (Å²) in [7, 11) is 0. The molecule has 1 amide bonds. The van der Waals surface area contributed by atoms with Crippen molar-refractivity contribution in [3.8, 4) is 11.8 Å². The van der Waals surface area contributed by atoms with Gasteiger partial charge in [0.2, 0.25) is 0 Å². The quantitative estimate of drug-likeness (QED) is 0.826. The largest absolute Gasteiger partial charge is 0.352 e. The number of halogens is 1. The van der Waals surface area contributed by atoms with Crippen LogP contribution in [0, 0.1) is 23.6 Å². The Morgan fingerprint density at radius 2 is 2.25 bits per heavy atom. The molecule has 0 atom stereocenters. The number of carbonyl (C=O) groups is 1. The zero-order valence-corrected chi connectivity index (χ0v) is 11.4. The first kappa shape index (κ1) is 14.5. The summed E-state index contributed by atoms with van der Waals surface area (Å²) in [5.74, 6) is 5.21. The van der Waals surface area contributed by atoms with E-state index in [-0.39, 0.29) is 18.0 Å². The van der Waals surface area contributed by atoms with Crippen molar-refractivity contribution in [1.29, 1.82) is 0 Å². The van der Waals surface area contributed by atoms with Crippen molar-refractivity contribution in [3.63, 3.8) is 0 Å². The molecule has 0 saturated heterocycles. The topological polar surface area (TPSA) is 55.1 Å². The normalized spacial score (nSPS) is 14.1. The SMILES string of the molecule is NCC#Cc1ccc(C(=O)NCCC2CCC2)c(F)c1. The maximum atomic E-state index is 13.8. The highest BCUT2D eigenvalue weighted by molar-refractivity contribution is 5.94. The zero-order valence-electron chi connectivity index (χ0n) is 11.4. The summed E-state index contributed by atoms with van der Waals surface area (Å²) in [4.78, 5) is 11.9. The van der Waals surface area contributed by atoms with Crippen LogP contribution in [0.15, 0.2) is 18.2 Å². The number of hydrogen-bond acceptors (Lipinski definition) is 2. The minimum Gasteiger partial charge on any atom is -0.352 e. The molecule has 20 heavy (non-hydrogen) atoms. The van der Waals surface area contributed by atoms with E-state index in [1.54, 1.807) is 6.07 Å². The monoisotopic (exact) mass is 274 g/mol. The summed E-state index contributed by atoms with van der Waals surface area (Å²) >= 11 is 0. The lowest BCUT2D eigenvalue weighted by molar-refractivity contribution is 0.0945. The van der Waals surface area contributed by atoms with Gasteiger partial charge in [0.15, 0.2) is 0 Å². The third kappa shape index (κ3) is 3.82. The van der Waals surface area contributed by atoms with Gasteiger partial charge < -0.3 is 11.1 Å². The van der Waals surface area contributed by atoms with Gasteiger partial charge in [0.1, 0.15) is 5.82 Å². The van der Waals surface area contributed by atoms with E-state index in [0.717, 1.165) is 12.3 Å². The molecule has 0 aliphatic heterocycles. The number of carbonyl (C=O) groups excluding carboxylic acids is 1. The molecule has 1 aromatic rings. The predicted octanol–water partition coefficient (Wildman–Crippen LogP) is 2.06. The van der Waals surface area contributed by atoms with Crippen LogP contribution in [0.3, 0.4) is 0 Å². The first-order valence-electron chi connectivity index (χ1n) is 6.97. The third-order valence-corrected chi connectivity index (χ3v) is 3.61. The molecule has 1 aromatic carbocycles. The van der Waals surface area contributed by atoms with Crippen LogP contribution in [0.25, 0.3) is 0 Å². The fourth-order valence-electron chi connectivity index (χ4n) is 2.20. The average Bonchev–Trinajstić information content (AvgIpc) is 2.39. The lowest BCUT2D eigenvalue weighted by Crippen LogP contribution is -2.28. The van der Waals surface area contributed by atoms with Gasteiger partial charge in [0.25, 0.3) is 5.91 Å². The maximum Gasteiger partial charge on any atom is 0.254 e. The Kier molecular flexibility index (Phi) is 5.14. The molecule has 3 nitrogen and oxygen atoms in total. The van der Waals surface area contributed by atoms with Crippen LogP contribution in [-0.2, 0) is 0 Å². The average molecular weight is 274 g/mol. The van der Waals surface area contributed by atoms with Gasteiger partial charge in [0.05, 0.1) is 12.1 Å². The Balaban J connectivity index is 1.91.